The zero-order valence-corrected chi connectivity index (χ0v) is 6.53. The summed E-state index contributed by atoms with van der Waals surface area (Å²) in [6.45, 7) is 0.691. The Morgan fingerprint density at radius 2 is 2.42 bits per heavy atom. The molecule has 0 saturated carbocycles. The fourth-order valence-electron chi connectivity index (χ4n) is 1.27. The third kappa shape index (κ3) is 1.94. The molecule has 2 N–H and O–H groups in total. The van der Waals surface area contributed by atoms with E-state index in [0.29, 0.717) is 19.4 Å². The van der Waals surface area contributed by atoms with E-state index in [9.17, 15) is 9.59 Å². The van der Waals surface area contributed by atoms with E-state index in [0.717, 1.165) is 0 Å². The minimum absolute atomic E-state index is 0.181. The number of carboxylic acid groups (broad SMARTS) is 1. The van der Waals surface area contributed by atoms with Crippen molar-refractivity contribution in [3.05, 3.63) is 0 Å². The number of hydrogen-bond donors (Lipinski definition) is 2. The summed E-state index contributed by atoms with van der Waals surface area (Å²) in [5, 5.41) is 11.2. The average Bonchev–Trinajstić information content (AvgIpc) is 2.05. The molecule has 0 aromatic heterocycles. The fraction of sp³-hybridized carbons (Fsp3) is 0.714. The highest BCUT2D eigenvalue weighted by Crippen LogP contribution is 2.14. The highest BCUT2D eigenvalue weighted by molar-refractivity contribution is 5.71. The topological polar surface area (TPSA) is 75.6 Å². The predicted octanol–water partition coefficient (Wildman–Crippen LogP) is -0.778. The number of hydrogen-bond acceptors (Lipinski definition) is 3. The van der Waals surface area contributed by atoms with Gasteiger partial charge < -0.3 is 15.2 Å². The van der Waals surface area contributed by atoms with Gasteiger partial charge in [-0.25, -0.2) is 0 Å². The van der Waals surface area contributed by atoms with Crippen LogP contribution < -0.4 is 5.32 Å². The molecular weight excluding hydrogens is 162 g/mol. The lowest BCUT2D eigenvalue weighted by molar-refractivity contribution is -0.147. The second-order valence-corrected chi connectivity index (χ2v) is 2.70. The van der Waals surface area contributed by atoms with Gasteiger partial charge in [-0.15, -0.1) is 0 Å². The standard InChI is InChI=1S/C7H11NO4/c9-4-8-6-1-2-12-3-5(6)7(10)11/h4-6H,1-3H2,(H,8,9)(H,10,11). The first kappa shape index (κ1) is 8.99. The molecule has 2 atom stereocenters. The van der Waals surface area contributed by atoms with Crippen LogP contribution in [0.15, 0.2) is 0 Å². The normalized spacial score (nSPS) is 29.3. The lowest BCUT2D eigenvalue weighted by atomic mass is 9.96. The van der Waals surface area contributed by atoms with Crippen molar-refractivity contribution >= 4 is 12.4 Å². The van der Waals surface area contributed by atoms with Gasteiger partial charge in [0.25, 0.3) is 0 Å². The van der Waals surface area contributed by atoms with E-state index < -0.39 is 11.9 Å². The molecule has 1 fully saturated rings. The highest BCUT2D eigenvalue weighted by atomic mass is 16.5. The maximum atomic E-state index is 10.6. The van der Waals surface area contributed by atoms with E-state index >= 15 is 0 Å². The molecule has 0 radical (unpaired) electrons. The molecule has 0 spiro atoms. The third-order valence-electron chi connectivity index (χ3n) is 1.96. The van der Waals surface area contributed by atoms with Crippen LogP contribution in [0.2, 0.25) is 0 Å². The van der Waals surface area contributed by atoms with Gasteiger partial charge >= 0.3 is 5.97 Å². The van der Waals surface area contributed by atoms with E-state index in [1.54, 1.807) is 0 Å². The molecule has 1 saturated heterocycles. The summed E-state index contributed by atoms with van der Waals surface area (Å²) in [4.78, 5) is 20.7. The van der Waals surface area contributed by atoms with Crippen LogP contribution in [0.25, 0.3) is 0 Å². The van der Waals surface area contributed by atoms with Crippen molar-refractivity contribution in [3.63, 3.8) is 0 Å². The average molecular weight is 173 g/mol. The number of nitrogens with one attached hydrogen (secondary N) is 1. The van der Waals surface area contributed by atoms with E-state index in [4.69, 9.17) is 9.84 Å². The summed E-state index contributed by atoms with van der Waals surface area (Å²) in [7, 11) is 0. The number of ether oxygens (including phenoxy) is 1. The Labute approximate surface area is 69.7 Å². The summed E-state index contributed by atoms with van der Waals surface area (Å²) in [5.74, 6) is -1.53. The fourth-order valence-corrected chi connectivity index (χ4v) is 1.27. The van der Waals surface area contributed by atoms with Gasteiger partial charge in [-0.1, -0.05) is 0 Å². The SMILES string of the molecule is O=CNC1CCOCC1C(=O)O. The van der Waals surface area contributed by atoms with Crippen molar-refractivity contribution in [1.29, 1.82) is 0 Å². The van der Waals surface area contributed by atoms with Crippen molar-refractivity contribution in [2.24, 2.45) is 5.92 Å². The molecule has 1 amide bonds. The molecule has 1 aliphatic rings. The first-order valence-corrected chi connectivity index (χ1v) is 3.76. The molecule has 0 aromatic rings. The third-order valence-corrected chi connectivity index (χ3v) is 1.96. The van der Waals surface area contributed by atoms with Gasteiger partial charge in [0.15, 0.2) is 0 Å². The minimum Gasteiger partial charge on any atom is -0.481 e. The molecule has 0 bridgehead atoms. The smallest absolute Gasteiger partial charge is 0.310 e. The number of carbonyl (C=O) groups is 2. The number of rotatable bonds is 3. The Balaban J connectivity index is 2.53. The molecule has 0 aromatic carbocycles. The van der Waals surface area contributed by atoms with Crippen molar-refractivity contribution in [1.82, 2.24) is 5.32 Å². The van der Waals surface area contributed by atoms with Crippen molar-refractivity contribution in [2.45, 2.75) is 12.5 Å². The van der Waals surface area contributed by atoms with E-state index in [1.807, 2.05) is 0 Å². The summed E-state index contributed by atoms with van der Waals surface area (Å²) in [5.41, 5.74) is 0. The molecule has 68 valence electrons. The molecule has 1 rings (SSSR count). The molecule has 12 heavy (non-hydrogen) atoms. The van der Waals surface area contributed by atoms with E-state index in [-0.39, 0.29) is 12.6 Å². The van der Waals surface area contributed by atoms with Gasteiger partial charge in [0.2, 0.25) is 6.41 Å². The Morgan fingerprint density at radius 3 is 3.00 bits per heavy atom. The van der Waals surface area contributed by atoms with Gasteiger partial charge in [-0.2, -0.15) is 0 Å². The Morgan fingerprint density at radius 1 is 1.67 bits per heavy atom. The van der Waals surface area contributed by atoms with Gasteiger partial charge in [-0.3, -0.25) is 9.59 Å². The van der Waals surface area contributed by atoms with Crippen LogP contribution in [-0.2, 0) is 14.3 Å². The Bertz CT molecular complexity index is 182. The number of amides is 1. The van der Waals surface area contributed by atoms with Gasteiger partial charge in [0.05, 0.1) is 6.61 Å². The number of aliphatic carboxylic acids is 1. The van der Waals surface area contributed by atoms with E-state index in [2.05, 4.69) is 5.32 Å². The number of carboxylic acids is 1. The molecule has 1 aliphatic heterocycles. The van der Waals surface area contributed by atoms with Gasteiger partial charge in [0.1, 0.15) is 5.92 Å². The quantitative estimate of drug-likeness (QED) is 0.549. The molecular formula is C7H11NO4. The Kier molecular flexibility index (Phi) is 3.04. The van der Waals surface area contributed by atoms with Crippen LogP contribution in [-0.4, -0.2) is 36.7 Å². The van der Waals surface area contributed by atoms with Crippen LogP contribution in [0.1, 0.15) is 6.42 Å². The molecule has 1 heterocycles. The van der Waals surface area contributed by atoms with Crippen LogP contribution in [0.4, 0.5) is 0 Å². The summed E-state index contributed by atoms with van der Waals surface area (Å²) >= 11 is 0. The van der Waals surface area contributed by atoms with Crippen LogP contribution in [0, 0.1) is 5.92 Å². The minimum atomic E-state index is -0.922. The summed E-state index contributed by atoms with van der Waals surface area (Å²) in [6.07, 6.45) is 1.10. The first-order chi connectivity index (χ1) is 5.75. The number of carbonyl (C=O) groups excluding carboxylic acids is 1. The molecule has 5 nitrogen and oxygen atoms in total. The van der Waals surface area contributed by atoms with Crippen molar-refractivity contribution in [3.8, 4) is 0 Å². The van der Waals surface area contributed by atoms with Crippen LogP contribution in [0.3, 0.4) is 0 Å². The van der Waals surface area contributed by atoms with Crippen LogP contribution in [0.5, 0.6) is 0 Å². The second kappa shape index (κ2) is 4.06. The monoisotopic (exact) mass is 173 g/mol. The molecule has 5 heteroatoms. The highest BCUT2D eigenvalue weighted by Gasteiger charge is 2.30. The summed E-state index contributed by atoms with van der Waals surface area (Å²) in [6, 6.07) is -0.284. The lowest BCUT2D eigenvalue weighted by Gasteiger charge is -2.27. The first-order valence-electron chi connectivity index (χ1n) is 3.76. The molecule has 2 unspecified atom stereocenters. The van der Waals surface area contributed by atoms with Crippen LogP contribution >= 0.6 is 0 Å². The van der Waals surface area contributed by atoms with Gasteiger partial charge in [0, 0.05) is 12.6 Å². The largest absolute Gasteiger partial charge is 0.481 e. The summed E-state index contributed by atoms with van der Waals surface area (Å²) < 4.78 is 4.98. The predicted molar refractivity (Wildman–Crippen MR) is 39.5 cm³/mol. The molecule has 0 aliphatic carbocycles. The maximum Gasteiger partial charge on any atom is 0.310 e. The van der Waals surface area contributed by atoms with Crippen molar-refractivity contribution in [2.75, 3.05) is 13.2 Å². The zero-order chi connectivity index (χ0) is 8.97. The van der Waals surface area contributed by atoms with Crippen molar-refractivity contribution < 1.29 is 19.4 Å². The maximum absolute atomic E-state index is 10.6. The second-order valence-electron chi connectivity index (χ2n) is 2.70. The zero-order valence-electron chi connectivity index (χ0n) is 6.53. The lowest BCUT2D eigenvalue weighted by Crippen LogP contribution is -2.45. The Hall–Kier alpha value is -1.10. The van der Waals surface area contributed by atoms with Gasteiger partial charge in [-0.05, 0) is 6.42 Å². The van der Waals surface area contributed by atoms with E-state index in [1.165, 1.54) is 0 Å².